The summed E-state index contributed by atoms with van der Waals surface area (Å²) in [6.07, 6.45) is 2.88. The van der Waals surface area contributed by atoms with Crippen LogP contribution in [0.25, 0.3) is 0 Å². The molecule has 0 aliphatic carbocycles. The topological polar surface area (TPSA) is 17.1 Å². The largest absolute Gasteiger partial charge is 0.299 e. The van der Waals surface area contributed by atoms with Gasteiger partial charge >= 0.3 is 0 Å². The lowest BCUT2D eigenvalue weighted by atomic mass is 9.77. The fraction of sp³-hybridized carbons (Fsp3) is 0.562. The predicted octanol–water partition coefficient (Wildman–Crippen LogP) is 4.36. The maximum Gasteiger partial charge on any atom is 0.143 e. The molecule has 0 N–H and O–H groups in total. The van der Waals surface area contributed by atoms with Gasteiger partial charge in [-0.2, -0.15) is 0 Å². The molecule has 1 aromatic carbocycles. The highest BCUT2D eigenvalue weighted by atomic mass is 16.1. The number of hydrogen-bond acceptors (Lipinski definition) is 1. The third-order valence-corrected chi connectivity index (χ3v) is 3.82. The van der Waals surface area contributed by atoms with Gasteiger partial charge in [0.1, 0.15) is 5.78 Å². The van der Waals surface area contributed by atoms with E-state index in [-0.39, 0.29) is 5.41 Å². The lowest BCUT2D eigenvalue weighted by Gasteiger charge is -2.25. The molecule has 0 saturated heterocycles. The van der Waals surface area contributed by atoms with Gasteiger partial charge in [0, 0.05) is 11.8 Å². The van der Waals surface area contributed by atoms with Crippen molar-refractivity contribution in [2.24, 2.45) is 5.92 Å². The molecule has 0 saturated carbocycles. The molecule has 0 aliphatic heterocycles. The zero-order valence-corrected chi connectivity index (χ0v) is 11.5. The molecule has 94 valence electrons. The molecule has 1 nitrogen and oxygen atoms in total. The van der Waals surface area contributed by atoms with Crippen LogP contribution in [0.2, 0.25) is 0 Å². The second-order valence-corrected chi connectivity index (χ2v) is 5.30. The molecule has 1 heteroatoms. The van der Waals surface area contributed by atoms with Crippen molar-refractivity contribution in [3.8, 4) is 0 Å². The highest BCUT2D eigenvalue weighted by Gasteiger charge is 2.30. The van der Waals surface area contributed by atoms with E-state index in [0.717, 1.165) is 18.4 Å². The highest BCUT2D eigenvalue weighted by molar-refractivity contribution is 5.89. The normalized spacial score (nSPS) is 11.8. The highest BCUT2D eigenvalue weighted by Crippen LogP contribution is 2.28. The van der Waals surface area contributed by atoms with Gasteiger partial charge in [0.25, 0.3) is 0 Å². The Kier molecular flexibility index (Phi) is 4.92. The summed E-state index contributed by atoms with van der Waals surface area (Å²) < 4.78 is 0. The molecule has 0 heterocycles. The Bertz CT molecular complexity index is 347. The lowest BCUT2D eigenvalue weighted by molar-refractivity contribution is -0.124. The Hall–Kier alpha value is -1.11. The van der Waals surface area contributed by atoms with E-state index in [1.807, 2.05) is 44.2 Å². The molecule has 0 unspecified atom stereocenters. The molecule has 17 heavy (non-hydrogen) atoms. The maximum absolute atomic E-state index is 12.4. The number of rotatable bonds is 6. The first-order valence-electron chi connectivity index (χ1n) is 6.61. The molecule has 0 atom stereocenters. The Morgan fingerprint density at radius 3 is 2.12 bits per heavy atom. The van der Waals surface area contributed by atoms with Gasteiger partial charge < -0.3 is 0 Å². The van der Waals surface area contributed by atoms with Crippen LogP contribution in [0.4, 0.5) is 0 Å². The summed E-state index contributed by atoms with van der Waals surface area (Å²) in [5.41, 5.74) is 0.764. The molecule has 0 radical (unpaired) electrons. The average molecular weight is 232 g/mol. The Labute approximate surface area is 105 Å². The molecule has 0 bridgehead atoms. The van der Waals surface area contributed by atoms with Crippen LogP contribution in [0.15, 0.2) is 30.3 Å². The van der Waals surface area contributed by atoms with Gasteiger partial charge in [-0.05, 0) is 25.3 Å². The quantitative estimate of drug-likeness (QED) is 0.712. The fourth-order valence-corrected chi connectivity index (χ4v) is 2.11. The number of Topliss-reactive ketones (excluding diaryl/α,β-unsaturated/α-hetero) is 1. The lowest BCUT2D eigenvalue weighted by Crippen LogP contribution is -2.30. The van der Waals surface area contributed by atoms with Gasteiger partial charge in [0.05, 0.1) is 0 Å². The first kappa shape index (κ1) is 14.0. The van der Waals surface area contributed by atoms with Gasteiger partial charge in [-0.25, -0.2) is 0 Å². The third kappa shape index (κ3) is 3.42. The van der Waals surface area contributed by atoms with E-state index in [1.54, 1.807) is 0 Å². The smallest absolute Gasteiger partial charge is 0.143 e. The second-order valence-electron chi connectivity index (χ2n) is 5.30. The van der Waals surface area contributed by atoms with Crippen molar-refractivity contribution < 1.29 is 4.79 Å². The molecule has 1 rings (SSSR count). The van der Waals surface area contributed by atoms with Crippen molar-refractivity contribution in [3.63, 3.8) is 0 Å². The standard InChI is InChI=1S/C16H24O/c1-5-13(6-2)12-15(17)16(3,4)14-10-8-7-9-11-14/h7-11,13H,5-6,12H2,1-4H3. The van der Waals surface area contributed by atoms with Gasteiger partial charge in [0.2, 0.25) is 0 Å². The fourth-order valence-electron chi connectivity index (χ4n) is 2.11. The van der Waals surface area contributed by atoms with Crippen LogP contribution in [-0.2, 0) is 10.2 Å². The maximum atomic E-state index is 12.4. The summed E-state index contributed by atoms with van der Waals surface area (Å²) in [6.45, 7) is 8.40. The first-order chi connectivity index (χ1) is 8.02. The first-order valence-corrected chi connectivity index (χ1v) is 6.61. The van der Waals surface area contributed by atoms with E-state index in [9.17, 15) is 4.79 Å². The summed E-state index contributed by atoms with van der Waals surface area (Å²) in [6, 6.07) is 10.1. The van der Waals surface area contributed by atoms with E-state index in [0.29, 0.717) is 18.1 Å². The summed E-state index contributed by atoms with van der Waals surface area (Å²) in [4.78, 5) is 12.4. The molecule has 0 fully saturated rings. The van der Waals surface area contributed by atoms with Crippen LogP contribution in [0, 0.1) is 5.92 Å². The van der Waals surface area contributed by atoms with Crippen molar-refractivity contribution in [2.75, 3.05) is 0 Å². The van der Waals surface area contributed by atoms with Gasteiger partial charge in [-0.1, -0.05) is 57.0 Å². The minimum Gasteiger partial charge on any atom is -0.299 e. The number of benzene rings is 1. The number of carbonyl (C=O) groups excluding carboxylic acids is 1. The van der Waals surface area contributed by atoms with E-state index in [2.05, 4.69) is 13.8 Å². The molecular weight excluding hydrogens is 208 g/mol. The van der Waals surface area contributed by atoms with Crippen molar-refractivity contribution >= 4 is 5.78 Å². The van der Waals surface area contributed by atoms with E-state index < -0.39 is 0 Å². The molecule has 1 aromatic rings. The van der Waals surface area contributed by atoms with Crippen LogP contribution < -0.4 is 0 Å². The van der Waals surface area contributed by atoms with Crippen LogP contribution in [0.1, 0.15) is 52.5 Å². The van der Waals surface area contributed by atoms with Crippen LogP contribution in [0.3, 0.4) is 0 Å². The Morgan fingerprint density at radius 2 is 1.65 bits per heavy atom. The van der Waals surface area contributed by atoms with Crippen LogP contribution >= 0.6 is 0 Å². The third-order valence-electron chi connectivity index (χ3n) is 3.82. The summed E-state index contributed by atoms with van der Waals surface area (Å²) in [7, 11) is 0. The minimum absolute atomic E-state index is 0.357. The number of hydrogen-bond donors (Lipinski definition) is 0. The summed E-state index contributed by atoms with van der Waals surface area (Å²) in [5.74, 6) is 0.892. The minimum atomic E-state index is -0.357. The van der Waals surface area contributed by atoms with Gasteiger partial charge in [-0.15, -0.1) is 0 Å². The Balaban J connectivity index is 2.80. The van der Waals surface area contributed by atoms with Gasteiger partial charge in [0.15, 0.2) is 0 Å². The SMILES string of the molecule is CCC(CC)CC(=O)C(C)(C)c1ccccc1. The van der Waals surface area contributed by atoms with Crippen molar-refractivity contribution in [3.05, 3.63) is 35.9 Å². The molecule has 0 aliphatic rings. The Morgan fingerprint density at radius 1 is 1.12 bits per heavy atom. The van der Waals surface area contributed by atoms with E-state index in [1.165, 1.54) is 0 Å². The second kappa shape index (κ2) is 6.00. The zero-order valence-electron chi connectivity index (χ0n) is 11.5. The van der Waals surface area contributed by atoms with Crippen LogP contribution in [-0.4, -0.2) is 5.78 Å². The molecule has 0 spiro atoms. The van der Waals surface area contributed by atoms with E-state index >= 15 is 0 Å². The molecular formula is C16H24O. The predicted molar refractivity (Wildman–Crippen MR) is 73.2 cm³/mol. The molecule has 0 aromatic heterocycles. The number of ketones is 1. The van der Waals surface area contributed by atoms with Gasteiger partial charge in [-0.3, -0.25) is 4.79 Å². The van der Waals surface area contributed by atoms with E-state index in [4.69, 9.17) is 0 Å². The zero-order chi connectivity index (χ0) is 12.9. The monoisotopic (exact) mass is 232 g/mol. The van der Waals surface area contributed by atoms with Crippen molar-refractivity contribution in [1.82, 2.24) is 0 Å². The summed E-state index contributed by atoms with van der Waals surface area (Å²) >= 11 is 0. The van der Waals surface area contributed by atoms with Crippen molar-refractivity contribution in [1.29, 1.82) is 0 Å². The van der Waals surface area contributed by atoms with Crippen LogP contribution in [0.5, 0.6) is 0 Å². The average Bonchev–Trinajstić information content (AvgIpc) is 2.36. The summed E-state index contributed by atoms with van der Waals surface area (Å²) in [5, 5.41) is 0. The molecule has 0 amide bonds. The van der Waals surface area contributed by atoms with Crippen molar-refractivity contribution in [2.45, 2.75) is 52.4 Å². The number of carbonyl (C=O) groups is 1.